The molecule has 20 heavy (non-hydrogen) atoms. The fraction of sp³-hybridized carbons (Fsp3) is 0.857. The molecule has 1 saturated heterocycles. The zero-order chi connectivity index (χ0) is 15.3. The zero-order valence-corrected chi connectivity index (χ0v) is 13.2. The van der Waals surface area contributed by atoms with Gasteiger partial charge in [0.25, 0.3) is 0 Å². The van der Waals surface area contributed by atoms with Crippen molar-refractivity contribution < 1.29 is 14.3 Å². The molecule has 0 aromatic heterocycles. The average molecular weight is 285 g/mol. The predicted molar refractivity (Wildman–Crippen MR) is 77.7 cm³/mol. The molecule has 116 valence electrons. The number of amides is 2. The van der Waals surface area contributed by atoms with Crippen LogP contribution in [0, 0.1) is 5.92 Å². The first kappa shape index (κ1) is 16.9. The van der Waals surface area contributed by atoms with Gasteiger partial charge in [-0.1, -0.05) is 13.8 Å². The average Bonchev–Trinajstić information content (AvgIpc) is 2.43. The summed E-state index contributed by atoms with van der Waals surface area (Å²) in [5.41, 5.74) is 0. The van der Waals surface area contributed by atoms with Crippen LogP contribution < -0.4 is 5.32 Å². The van der Waals surface area contributed by atoms with Gasteiger partial charge in [-0.05, 0) is 14.0 Å². The van der Waals surface area contributed by atoms with Crippen LogP contribution in [0.2, 0.25) is 0 Å². The first-order chi connectivity index (χ1) is 9.36. The van der Waals surface area contributed by atoms with Crippen molar-refractivity contribution in [3.8, 4) is 0 Å². The molecule has 0 radical (unpaired) electrons. The van der Waals surface area contributed by atoms with E-state index in [1.165, 1.54) is 0 Å². The fourth-order valence-electron chi connectivity index (χ4n) is 2.15. The summed E-state index contributed by atoms with van der Waals surface area (Å²) in [6, 6.07) is -0.770. The number of urea groups is 1. The van der Waals surface area contributed by atoms with Crippen molar-refractivity contribution in [3.05, 3.63) is 0 Å². The first-order valence-electron chi connectivity index (χ1n) is 7.17. The van der Waals surface area contributed by atoms with Crippen molar-refractivity contribution in [3.63, 3.8) is 0 Å². The van der Waals surface area contributed by atoms with E-state index in [-0.39, 0.29) is 23.8 Å². The predicted octanol–water partition coefficient (Wildman–Crippen LogP) is 0.572. The summed E-state index contributed by atoms with van der Waals surface area (Å²) in [6.45, 7) is 8.55. The van der Waals surface area contributed by atoms with Gasteiger partial charge in [0, 0.05) is 39.2 Å². The first-order valence-corrected chi connectivity index (χ1v) is 7.17. The van der Waals surface area contributed by atoms with Gasteiger partial charge in [0.15, 0.2) is 5.78 Å². The van der Waals surface area contributed by atoms with Gasteiger partial charge in [-0.3, -0.25) is 4.79 Å². The minimum Gasteiger partial charge on any atom is -0.379 e. The van der Waals surface area contributed by atoms with E-state index in [0.29, 0.717) is 13.1 Å². The topological polar surface area (TPSA) is 61.9 Å². The van der Waals surface area contributed by atoms with Gasteiger partial charge < -0.3 is 19.9 Å². The summed E-state index contributed by atoms with van der Waals surface area (Å²) in [7, 11) is 3.58. The number of ether oxygens (including phenoxy) is 1. The highest BCUT2D eigenvalue weighted by molar-refractivity contribution is 5.90. The summed E-state index contributed by atoms with van der Waals surface area (Å²) in [4.78, 5) is 28.4. The third-order valence-electron chi connectivity index (χ3n) is 3.79. The number of likely N-dealkylation sites (N-methyl/N-ethyl adjacent to an activating group) is 1. The quantitative estimate of drug-likeness (QED) is 0.802. The Labute approximate surface area is 121 Å². The number of carbonyl (C=O) groups is 2. The van der Waals surface area contributed by atoms with E-state index < -0.39 is 6.04 Å². The van der Waals surface area contributed by atoms with Crippen molar-refractivity contribution in [2.24, 2.45) is 5.92 Å². The molecule has 0 aromatic rings. The lowest BCUT2D eigenvalue weighted by atomic mass is 9.98. The van der Waals surface area contributed by atoms with Crippen molar-refractivity contribution in [2.45, 2.75) is 32.9 Å². The van der Waals surface area contributed by atoms with Gasteiger partial charge in [-0.2, -0.15) is 0 Å². The van der Waals surface area contributed by atoms with Crippen LogP contribution in [0.3, 0.4) is 0 Å². The fourth-order valence-corrected chi connectivity index (χ4v) is 2.15. The third-order valence-corrected chi connectivity index (χ3v) is 3.79. The lowest BCUT2D eigenvalue weighted by Crippen LogP contribution is -2.57. The maximum absolute atomic E-state index is 12.3. The molecule has 1 N–H and O–H groups in total. The van der Waals surface area contributed by atoms with Crippen LogP contribution in [-0.4, -0.2) is 74.1 Å². The van der Waals surface area contributed by atoms with Crippen LogP contribution in [0.4, 0.5) is 4.79 Å². The molecule has 0 aromatic carbocycles. The summed E-state index contributed by atoms with van der Waals surface area (Å²) in [5.74, 6) is -0.132. The van der Waals surface area contributed by atoms with Crippen molar-refractivity contribution >= 4 is 11.8 Å². The van der Waals surface area contributed by atoms with Gasteiger partial charge in [-0.25, -0.2) is 4.79 Å². The van der Waals surface area contributed by atoms with E-state index in [2.05, 4.69) is 10.2 Å². The number of ketones is 1. The third kappa shape index (κ3) is 4.45. The number of Topliss-reactive ketones (excluding diaryl/α,β-unsaturated/α-hetero) is 1. The minimum absolute atomic E-state index is 0.00169. The Kier molecular flexibility index (Phi) is 6.42. The molecule has 1 aliphatic rings. The molecule has 1 fully saturated rings. The lowest BCUT2D eigenvalue weighted by Gasteiger charge is -2.34. The van der Waals surface area contributed by atoms with Crippen LogP contribution in [-0.2, 0) is 9.53 Å². The number of piperazine rings is 1. The number of carbonyl (C=O) groups excluding carboxylic acids is 2. The smallest absolute Gasteiger partial charge is 0.318 e. The molecular formula is C14H27N3O3. The highest BCUT2D eigenvalue weighted by Gasteiger charge is 2.30. The van der Waals surface area contributed by atoms with Crippen molar-refractivity contribution in [1.29, 1.82) is 0 Å². The number of nitrogens with one attached hydrogen (secondary N) is 1. The SMILES string of the molecule is CO[C@H](C)[C@H](NC(=O)N1CCN(C)CC1)C(=O)C(C)C. The minimum atomic E-state index is -0.591. The largest absolute Gasteiger partial charge is 0.379 e. The van der Waals surface area contributed by atoms with E-state index in [1.54, 1.807) is 18.9 Å². The molecule has 1 heterocycles. The van der Waals surface area contributed by atoms with Crippen LogP contribution in [0.1, 0.15) is 20.8 Å². The number of methoxy groups -OCH3 is 1. The molecule has 2 amide bonds. The summed E-state index contributed by atoms with van der Waals surface area (Å²) in [6.07, 6.45) is -0.332. The normalized spacial score (nSPS) is 19.8. The van der Waals surface area contributed by atoms with E-state index in [9.17, 15) is 9.59 Å². The maximum atomic E-state index is 12.3. The Morgan fingerprint density at radius 1 is 1.10 bits per heavy atom. The summed E-state index contributed by atoms with van der Waals surface area (Å²) >= 11 is 0. The van der Waals surface area contributed by atoms with Crippen LogP contribution in [0.5, 0.6) is 0 Å². The van der Waals surface area contributed by atoms with Crippen LogP contribution in [0.15, 0.2) is 0 Å². The lowest BCUT2D eigenvalue weighted by molar-refractivity contribution is -0.126. The maximum Gasteiger partial charge on any atom is 0.318 e. The molecule has 2 atom stereocenters. The Morgan fingerprint density at radius 3 is 2.10 bits per heavy atom. The van der Waals surface area contributed by atoms with Gasteiger partial charge in [-0.15, -0.1) is 0 Å². The van der Waals surface area contributed by atoms with Gasteiger partial charge >= 0.3 is 6.03 Å². The van der Waals surface area contributed by atoms with Crippen LogP contribution >= 0.6 is 0 Å². The Balaban J connectivity index is 2.64. The molecule has 6 heteroatoms. The Hall–Kier alpha value is -1.14. The van der Waals surface area contributed by atoms with Gasteiger partial charge in [0.1, 0.15) is 6.04 Å². The number of rotatable bonds is 5. The Morgan fingerprint density at radius 2 is 1.65 bits per heavy atom. The number of hydrogen-bond acceptors (Lipinski definition) is 4. The van der Waals surface area contributed by atoms with E-state index >= 15 is 0 Å². The molecule has 0 bridgehead atoms. The molecular weight excluding hydrogens is 258 g/mol. The summed E-state index contributed by atoms with van der Waals surface area (Å²) in [5, 5.41) is 2.83. The molecule has 0 unspecified atom stereocenters. The van der Waals surface area contributed by atoms with Crippen molar-refractivity contribution in [2.75, 3.05) is 40.3 Å². The second kappa shape index (κ2) is 7.59. The molecule has 1 rings (SSSR count). The van der Waals surface area contributed by atoms with E-state index in [0.717, 1.165) is 13.1 Å². The van der Waals surface area contributed by atoms with E-state index in [1.807, 2.05) is 20.9 Å². The monoisotopic (exact) mass is 285 g/mol. The molecule has 0 aliphatic carbocycles. The van der Waals surface area contributed by atoms with Gasteiger partial charge in [0.05, 0.1) is 6.10 Å². The summed E-state index contributed by atoms with van der Waals surface area (Å²) < 4.78 is 5.23. The standard InChI is InChI=1S/C14H27N3O3/c1-10(2)13(18)12(11(3)20-5)15-14(19)17-8-6-16(4)7-9-17/h10-12H,6-9H2,1-5H3,(H,15,19)/t11-,12+/m1/s1. The number of nitrogens with zero attached hydrogens (tertiary/aromatic N) is 2. The highest BCUT2D eigenvalue weighted by atomic mass is 16.5. The van der Waals surface area contributed by atoms with Crippen LogP contribution in [0.25, 0.3) is 0 Å². The molecule has 6 nitrogen and oxygen atoms in total. The molecule has 0 spiro atoms. The number of hydrogen-bond donors (Lipinski definition) is 1. The zero-order valence-electron chi connectivity index (χ0n) is 13.2. The molecule has 1 aliphatic heterocycles. The Bertz CT molecular complexity index is 339. The van der Waals surface area contributed by atoms with Crippen molar-refractivity contribution in [1.82, 2.24) is 15.1 Å². The second-order valence-electron chi connectivity index (χ2n) is 5.72. The van der Waals surface area contributed by atoms with Gasteiger partial charge in [0.2, 0.25) is 0 Å². The highest BCUT2D eigenvalue weighted by Crippen LogP contribution is 2.08. The molecule has 0 saturated carbocycles. The van der Waals surface area contributed by atoms with E-state index in [4.69, 9.17) is 4.74 Å². The second-order valence-corrected chi connectivity index (χ2v) is 5.72.